The summed E-state index contributed by atoms with van der Waals surface area (Å²) in [5.41, 5.74) is 2.26. The highest BCUT2D eigenvalue weighted by Gasteiger charge is 2.24. The third kappa shape index (κ3) is 5.33. The van der Waals surface area contributed by atoms with Gasteiger partial charge in [0.2, 0.25) is 0 Å². The first kappa shape index (κ1) is 20.0. The second-order valence-electron chi connectivity index (χ2n) is 7.46. The van der Waals surface area contributed by atoms with Gasteiger partial charge in [0.25, 0.3) is 0 Å². The maximum absolute atomic E-state index is 5.60. The number of methoxy groups -OCH3 is 1. The Morgan fingerprint density at radius 3 is 2.65 bits per heavy atom. The average molecular weight is 358 g/mol. The van der Waals surface area contributed by atoms with Crippen molar-refractivity contribution in [3.8, 4) is 5.69 Å². The minimum absolute atomic E-state index is 0.0598. The summed E-state index contributed by atoms with van der Waals surface area (Å²) in [6, 6.07) is 10.3. The molecule has 0 spiro atoms. The number of ether oxygens (including phenoxy) is 1. The van der Waals surface area contributed by atoms with E-state index in [9.17, 15) is 0 Å². The Morgan fingerprint density at radius 2 is 2.08 bits per heavy atom. The molecule has 1 aromatic heterocycles. The minimum atomic E-state index is 0.0598. The highest BCUT2D eigenvalue weighted by Crippen LogP contribution is 2.21. The van der Waals surface area contributed by atoms with Crippen molar-refractivity contribution < 1.29 is 4.74 Å². The normalized spacial score (nSPS) is 14.8. The number of guanidine groups is 1. The molecular formula is C20H31N5O. The van der Waals surface area contributed by atoms with Crippen LogP contribution in [0.2, 0.25) is 0 Å². The summed E-state index contributed by atoms with van der Waals surface area (Å²) < 4.78 is 7.46. The quantitative estimate of drug-likeness (QED) is 0.616. The molecule has 1 aromatic carbocycles. The molecule has 2 unspecified atom stereocenters. The number of hydrogen-bond donors (Lipinski definition) is 2. The molecule has 6 nitrogen and oxygen atoms in total. The zero-order chi connectivity index (χ0) is 19.2. The number of aliphatic imine (C=N–C) groups is 1. The molecule has 0 saturated heterocycles. The molecular weight excluding hydrogens is 326 g/mol. The summed E-state index contributed by atoms with van der Waals surface area (Å²) in [4.78, 5) is 4.34. The van der Waals surface area contributed by atoms with Crippen LogP contribution in [0.5, 0.6) is 0 Å². The van der Waals surface area contributed by atoms with Crippen molar-refractivity contribution in [3.63, 3.8) is 0 Å². The SMILES string of the molecule is CN=C(NCC(OC)C(C)(C)C)NC(C)c1cccc(-n2cccn2)c1. The van der Waals surface area contributed by atoms with Crippen molar-refractivity contribution in [2.45, 2.75) is 39.8 Å². The van der Waals surface area contributed by atoms with Gasteiger partial charge in [0.05, 0.1) is 17.8 Å². The fraction of sp³-hybridized carbons (Fsp3) is 0.500. The van der Waals surface area contributed by atoms with Crippen molar-refractivity contribution in [2.75, 3.05) is 20.7 Å². The van der Waals surface area contributed by atoms with Gasteiger partial charge in [-0.3, -0.25) is 4.99 Å². The average Bonchev–Trinajstić information content (AvgIpc) is 3.14. The van der Waals surface area contributed by atoms with Gasteiger partial charge < -0.3 is 15.4 Å². The molecule has 2 aromatic rings. The number of rotatable bonds is 6. The lowest BCUT2D eigenvalue weighted by atomic mass is 9.89. The van der Waals surface area contributed by atoms with Crippen LogP contribution in [-0.4, -0.2) is 42.5 Å². The lowest BCUT2D eigenvalue weighted by Crippen LogP contribution is -2.45. The number of nitrogens with zero attached hydrogens (tertiary/aromatic N) is 3. The summed E-state index contributed by atoms with van der Waals surface area (Å²) in [6.45, 7) is 9.32. The maximum Gasteiger partial charge on any atom is 0.191 e. The molecule has 2 atom stereocenters. The van der Waals surface area contributed by atoms with E-state index in [1.807, 2.05) is 29.1 Å². The van der Waals surface area contributed by atoms with E-state index in [1.54, 1.807) is 20.4 Å². The zero-order valence-corrected chi connectivity index (χ0v) is 16.7. The Balaban J connectivity index is 2.01. The van der Waals surface area contributed by atoms with Gasteiger partial charge in [-0.2, -0.15) is 5.10 Å². The first-order valence-electron chi connectivity index (χ1n) is 8.95. The second-order valence-corrected chi connectivity index (χ2v) is 7.46. The smallest absolute Gasteiger partial charge is 0.191 e. The van der Waals surface area contributed by atoms with Gasteiger partial charge in [-0.25, -0.2) is 4.68 Å². The number of hydrogen-bond acceptors (Lipinski definition) is 3. The van der Waals surface area contributed by atoms with Crippen LogP contribution in [0.4, 0.5) is 0 Å². The van der Waals surface area contributed by atoms with Crippen molar-refractivity contribution in [1.82, 2.24) is 20.4 Å². The molecule has 2 rings (SSSR count). The van der Waals surface area contributed by atoms with Crippen molar-refractivity contribution in [3.05, 3.63) is 48.3 Å². The van der Waals surface area contributed by atoms with Crippen LogP contribution in [0.1, 0.15) is 39.3 Å². The summed E-state index contributed by atoms with van der Waals surface area (Å²) in [5.74, 6) is 0.758. The maximum atomic E-state index is 5.60. The monoisotopic (exact) mass is 357 g/mol. The van der Waals surface area contributed by atoms with Gasteiger partial charge in [0, 0.05) is 33.1 Å². The van der Waals surface area contributed by atoms with E-state index in [-0.39, 0.29) is 17.6 Å². The minimum Gasteiger partial charge on any atom is -0.379 e. The van der Waals surface area contributed by atoms with Crippen molar-refractivity contribution in [2.24, 2.45) is 10.4 Å². The van der Waals surface area contributed by atoms with E-state index in [4.69, 9.17) is 4.74 Å². The summed E-state index contributed by atoms with van der Waals surface area (Å²) in [7, 11) is 3.53. The first-order valence-corrected chi connectivity index (χ1v) is 8.95. The largest absolute Gasteiger partial charge is 0.379 e. The molecule has 0 aliphatic heterocycles. The highest BCUT2D eigenvalue weighted by atomic mass is 16.5. The Bertz CT molecular complexity index is 703. The van der Waals surface area contributed by atoms with Crippen LogP contribution in [0, 0.1) is 5.41 Å². The second kappa shape index (κ2) is 8.85. The van der Waals surface area contributed by atoms with E-state index in [2.05, 4.69) is 60.6 Å². The Labute approximate surface area is 156 Å². The van der Waals surface area contributed by atoms with E-state index < -0.39 is 0 Å². The molecule has 0 aliphatic rings. The Kier molecular flexibility index (Phi) is 6.80. The molecule has 0 aliphatic carbocycles. The van der Waals surface area contributed by atoms with E-state index in [1.165, 1.54) is 5.56 Å². The lowest BCUT2D eigenvalue weighted by Gasteiger charge is -2.30. The predicted molar refractivity (Wildman–Crippen MR) is 107 cm³/mol. The van der Waals surface area contributed by atoms with E-state index in [0.717, 1.165) is 11.6 Å². The number of nitrogens with one attached hydrogen (secondary N) is 2. The van der Waals surface area contributed by atoms with Crippen LogP contribution in [0.15, 0.2) is 47.7 Å². The highest BCUT2D eigenvalue weighted by molar-refractivity contribution is 5.80. The standard InChI is InChI=1S/C20H31N5O/c1-15(16-9-7-10-17(13-16)25-12-8-11-23-25)24-19(21-5)22-14-18(26-6)20(2,3)4/h7-13,15,18H,14H2,1-6H3,(H2,21,22,24). The zero-order valence-electron chi connectivity index (χ0n) is 16.7. The van der Waals surface area contributed by atoms with Gasteiger partial charge in [-0.1, -0.05) is 32.9 Å². The third-order valence-corrected chi connectivity index (χ3v) is 4.42. The molecule has 6 heteroatoms. The van der Waals surface area contributed by atoms with E-state index in [0.29, 0.717) is 6.54 Å². The molecule has 1 heterocycles. The molecule has 0 bridgehead atoms. The molecule has 2 N–H and O–H groups in total. The van der Waals surface area contributed by atoms with Crippen molar-refractivity contribution >= 4 is 5.96 Å². The topological polar surface area (TPSA) is 63.5 Å². The Morgan fingerprint density at radius 1 is 1.31 bits per heavy atom. The van der Waals surface area contributed by atoms with Crippen molar-refractivity contribution in [1.29, 1.82) is 0 Å². The molecule has 0 fully saturated rings. The van der Waals surface area contributed by atoms with Crippen LogP contribution >= 0.6 is 0 Å². The molecule has 0 saturated carbocycles. The van der Waals surface area contributed by atoms with Crippen LogP contribution in [-0.2, 0) is 4.74 Å². The van der Waals surface area contributed by atoms with Crippen LogP contribution in [0.25, 0.3) is 5.69 Å². The first-order chi connectivity index (χ1) is 12.3. The fourth-order valence-corrected chi connectivity index (χ4v) is 2.77. The van der Waals surface area contributed by atoms with Gasteiger partial charge in [-0.05, 0) is 36.1 Å². The predicted octanol–water partition coefficient (Wildman–Crippen LogP) is 3.16. The fourth-order valence-electron chi connectivity index (χ4n) is 2.77. The van der Waals surface area contributed by atoms with Gasteiger partial charge in [-0.15, -0.1) is 0 Å². The summed E-state index contributed by atoms with van der Waals surface area (Å²) in [6.07, 6.45) is 3.82. The Hall–Kier alpha value is -2.34. The van der Waals surface area contributed by atoms with Crippen LogP contribution < -0.4 is 10.6 Å². The molecule has 0 radical (unpaired) electrons. The summed E-state index contributed by atoms with van der Waals surface area (Å²) in [5, 5.41) is 11.1. The van der Waals surface area contributed by atoms with Gasteiger partial charge >= 0.3 is 0 Å². The third-order valence-electron chi connectivity index (χ3n) is 4.42. The number of benzene rings is 1. The number of aromatic nitrogens is 2. The molecule has 0 amide bonds. The van der Waals surface area contributed by atoms with Crippen LogP contribution in [0.3, 0.4) is 0 Å². The van der Waals surface area contributed by atoms with E-state index >= 15 is 0 Å². The molecule has 26 heavy (non-hydrogen) atoms. The van der Waals surface area contributed by atoms with Gasteiger partial charge in [0.1, 0.15) is 0 Å². The summed E-state index contributed by atoms with van der Waals surface area (Å²) >= 11 is 0. The van der Waals surface area contributed by atoms with Gasteiger partial charge in [0.15, 0.2) is 5.96 Å². The lowest BCUT2D eigenvalue weighted by molar-refractivity contribution is 0.0205. The molecule has 142 valence electrons.